The van der Waals surface area contributed by atoms with Gasteiger partial charge in [-0.15, -0.1) is 0 Å². The lowest BCUT2D eigenvalue weighted by molar-refractivity contribution is 0.0632. The zero-order chi connectivity index (χ0) is 24.1. The number of halogens is 1. The third-order valence-corrected chi connectivity index (χ3v) is 6.40. The second kappa shape index (κ2) is 8.79. The number of hydrogen-bond acceptors (Lipinski definition) is 7. The van der Waals surface area contributed by atoms with E-state index in [1.165, 1.54) is 0 Å². The monoisotopic (exact) mass is 491 g/mol. The molecule has 1 aromatic heterocycles. The smallest absolute Gasteiger partial charge is 0.507 e. The normalized spacial score (nSPS) is 19.7. The summed E-state index contributed by atoms with van der Waals surface area (Å²) in [5, 5.41) is 21.3. The molecule has 2 unspecified atom stereocenters. The van der Waals surface area contributed by atoms with Crippen LogP contribution in [-0.2, 0) is 4.57 Å². The van der Waals surface area contributed by atoms with Crippen molar-refractivity contribution < 1.29 is 33.5 Å². The Morgan fingerprint density at radius 2 is 2.03 bits per heavy atom. The molecule has 0 bridgehead atoms. The van der Waals surface area contributed by atoms with Crippen molar-refractivity contribution >= 4 is 43.7 Å². The van der Waals surface area contributed by atoms with Crippen LogP contribution in [0.2, 0.25) is 5.02 Å². The molecule has 0 spiro atoms. The number of rotatable bonds is 4. The number of piperidine rings is 1. The van der Waals surface area contributed by atoms with Crippen LogP contribution in [0.1, 0.15) is 17.9 Å². The molecular formula is C21H20BClNO8P. The summed E-state index contributed by atoms with van der Waals surface area (Å²) in [5.41, 5.74) is -0.258. The summed E-state index contributed by atoms with van der Waals surface area (Å²) in [5.74, 6) is -1.69. The van der Waals surface area contributed by atoms with E-state index in [-0.39, 0.29) is 44.9 Å². The van der Waals surface area contributed by atoms with Gasteiger partial charge in [-0.1, -0.05) is 29.2 Å². The Bertz CT molecular complexity index is 1320. The quantitative estimate of drug-likeness (QED) is 0.318. The molecule has 1 aliphatic heterocycles. The molecule has 0 aliphatic carbocycles. The Hall–Kier alpha value is -2.33. The summed E-state index contributed by atoms with van der Waals surface area (Å²) in [4.78, 5) is 33.8. The van der Waals surface area contributed by atoms with Crippen LogP contribution in [-0.4, -0.2) is 59.0 Å². The first-order valence-electron chi connectivity index (χ1n) is 9.96. The first-order valence-corrected chi connectivity index (χ1v) is 11.9. The number of likely N-dealkylation sites (N-methyl/N-ethyl adjacent to an activating group) is 1. The highest BCUT2D eigenvalue weighted by molar-refractivity contribution is 7.46. The lowest BCUT2D eigenvalue weighted by Crippen LogP contribution is -2.40. The molecule has 3 aromatic rings. The van der Waals surface area contributed by atoms with Crippen molar-refractivity contribution in [3.63, 3.8) is 0 Å². The van der Waals surface area contributed by atoms with Crippen molar-refractivity contribution in [1.29, 1.82) is 0 Å². The standard InChI is InChI=1S/C21H20BClNO8P/c1-24-6-5-10(15(27)9-24)18-17(32-33(28,29)30)8-14(26)20-13(25)7-16(31-21(18)20)19-11(22)3-2-4-12(19)23/h2-4,7-8,10,15,26-27H,5-6,9H2,1H3,(H2,28,29,30). The van der Waals surface area contributed by atoms with Crippen molar-refractivity contribution in [2.75, 3.05) is 20.1 Å². The van der Waals surface area contributed by atoms with Gasteiger partial charge < -0.3 is 24.1 Å². The average molecular weight is 492 g/mol. The molecule has 2 radical (unpaired) electrons. The fraction of sp³-hybridized carbons (Fsp3) is 0.286. The van der Waals surface area contributed by atoms with Crippen LogP contribution in [0.25, 0.3) is 22.3 Å². The van der Waals surface area contributed by atoms with Gasteiger partial charge >= 0.3 is 7.82 Å². The summed E-state index contributed by atoms with van der Waals surface area (Å²) in [7, 11) is 2.80. The predicted octanol–water partition coefficient (Wildman–Crippen LogP) is 1.86. The van der Waals surface area contributed by atoms with E-state index in [1.54, 1.807) is 18.2 Å². The maximum absolute atomic E-state index is 13.0. The zero-order valence-electron chi connectivity index (χ0n) is 17.4. The van der Waals surface area contributed by atoms with Crippen LogP contribution < -0.4 is 15.4 Å². The third-order valence-electron chi connectivity index (χ3n) is 5.65. The second-order valence-electron chi connectivity index (χ2n) is 8.00. The summed E-state index contributed by atoms with van der Waals surface area (Å²) < 4.78 is 22.5. The number of aromatic hydroxyl groups is 1. The van der Waals surface area contributed by atoms with E-state index < -0.39 is 36.8 Å². The topological polar surface area (TPSA) is 141 Å². The number of phosphoric acid groups is 1. The molecule has 0 amide bonds. The number of benzene rings is 2. The van der Waals surface area contributed by atoms with E-state index in [4.69, 9.17) is 28.4 Å². The number of β-amino-alcohol motifs (C(OH)–C–C–N with tert-alkyl or cyclic N) is 1. The second-order valence-corrected chi connectivity index (χ2v) is 9.57. The van der Waals surface area contributed by atoms with E-state index in [0.717, 1.165) is 12.1 Å². The first kappa shape index (κ1) is 23.8. The summed E-state index contributed by atoms with van der Waals surface area (Å²) in [6, 6.07) is 6.82. The van der Waals surface area contributed by atoms with E-state index >= 15 is 0 Å². The van der Waals surface area contributed by atoms with Gasteiger partial charge in [0.1, 0.15) is 36.1 Å². The predicted molar refractivity (Wildman–Crippen MR) is 124 cm³/mol. The number of likely N-dealkylation sites (tertiary alicyclic amines) is 1. The Morgan fingerprint density at radius 1 is 1.30 bits per heavy atom. The van der Waals surface area contributed by atoms with Crippen LogP contribution in [0.4, 0.5) is 0 Å². The van der Waals surface area contributed by atoms with Crippen molar-refractivity contribution in [1.82, 2.24) is 4.90 Å². The molecule has 4 rings (SSSR count). The van der Waals surface area contributed by atoms with Crippen LogP contribution >= 0.6 is 19.4 Å². The van der Waals surface area contributed by atoms with Crippen molar-refractivity contribution in [2.24, 2.45) is 0 Å². The third kappa shape index (κ3) is 4.68. The van der Waals surface area contributed by atoms with Gasteiger partial charge in [-0.05, 0) is 26.1 Å². The summed E-state index contributed by atoms with van der Waals surface area (Å²) in [6.07, 6.45) is -0.591. The average Bonchev–Trinajstić information content (AvgIpc) is 2.67. The van der Waals surface area contributed by atoms with Crippen LogP contribution in [0.3, 0.4) is 0 Å². The van der Waals surface area contributed by atoms with Crippen LogP contribution in [0.5, 0.6) is 11.5 Å². The number of phosphoric ester groups is 1. The van der Waals surface area contributed by atoms with Gasteiger partial charge in [0.15, 0.2) is 5.43 Å². The zero-order valence-corrected chi connectivity index (χ0v) is 19.1. The van der Waals surface area contributed by atoms with Gasteiger partial charge in [0.25, 0.3) is 0 Å². The number of aliphatic hydroxyl groups excluding tert-OH is 1. The molecule has 9 nitrogen and oxygen atoms in total. The number of phenols is 1. The van der Waals surface area contributed by atoms with Crippen molar-refractivity contribution in [3.05, 3.63) is 51.1 Å². The van der Waals surface area contributed by atoms with Crippen molar-refractivity contribution in [2.45, 2.75) is 18.4 Å². The van der Waals surface area contributed by atoms with E-state index in [9.17, 15) is 29.4 Å². The maximum Gasteiger partial charge on any atom is 0.524 e. The molecule has 4 N–H and O–H groups in total. The van der Waals surface area contributed by atoms with Gasteiger partial charge in [-0.25, -0.2) is 4.57 Å². The van der Waals surface area contributed by atoms with Gasteiger partial charge in [0.2, 0.25) is 0 Å². The first-order chi connectivity index (χ1) is 15.5. The molecule has 172 valence electrons. The molecule has 0 saturated carbocycles. The van der Waals surface area contributed by atoms with Gasteiger partial charge in [-0.2, -0.15) is 0 Å². The highest BCUT2D eigenvalue weighted by atomic mass is 35.5. The number of phenolic OH excluding ortho intramolecular Hbond substituents is 1. The Labute approximate surface area is 194 Å². The van der Waals surface area contributed by atoms with E-state index in [1.807, 2.05) is 11.9 Å². The lowest BCUT2D eigenvalue weighted by Gasteiger charge is -2.34. The van der Waals surface area contributed by atoms with Gasteiger partial charge in [0.05, 0.1) is 11.1 Å². The number of fused-ring (bicyclic) bond motifs is 1. The highest BCUT2D eigenvalue weighted by Gasteiger charge is 2.35. The minimum absolute atomic E-state index is 0.00741. The number of hydrogen-bond donors (Lipinski definition) is 4. The molecule has 33 heavy (non-hydrogen) atoms. The molecule has 2 aromatic carbocycles. The van der Waals surface area contributed by atoms with E-state index in [2.05, 4.69) is 0 Å². The largest absolute Gasteiger partial charge is 0.524 e. The molecule has 2 heterocycles. The minimum Gasteiger partial charge on any atom is -0.507 e. The van der Waals surface area contributed by atoms with Crippen molar-refractivity contribution in [3.8, 4) is 22.8 Å². The minimum atomic E-state index is -5.06. The fourth-order valence-electron chi connectivity index (χ4n) is 4.22. The van der Waals surface area contributed by atoms with Crippen LogP contribution in [0.15, 0.2) is 39.5 Å². The van der Waals surface area contributed by atoms with Crippen LogP contribution in [0, 0.1) is 0 Å². The maximum atomic E-state index is 13.0. The number of nitrogens with zero attached hydrogens (tertiary/aromatic N) is 1. The molecule has 2 atom stereocenters. The molecular weight excluding hydrogens is 471 g/mol. The SMILES string of the molecule is [B]c1cccc(Cl)c1-c1cc(=O)c2c(O)cc(OP(=O)(O)O)c(C3CCN(C)CC3O)c2o1. The Kier molecular flexibility index (Phi) is 6.35. The molecule has 1 saturated heterocycles. The van der Waals surface area contributed by atoms with Gasteiger partial charge in [0, 0.05) is 35.7 Å². The highest BCUT2D eigenvalue weighted by Crippen LogP contribution is 2.48. The Morgan fingerprint density at radius 3 is 2.67 bits per heavy atom. The summed E-state index contributed by atoms with van der Waals surface area (Å²) in [6.45, 7) is 0.824. The van der Waals surface area contributed by atoms with E-state index in [0.29, 0.717) is 13.0 Å². The van der Waals surface area contributed by atoms with Gasteiger partial charge in [-0.3, -0.25) is 14.6 Å². The Balaban J connectivity index is 2.07. The summed E-state index contributed by atoms with van der Waals surface area (Å²) >= 11 is 6.28. The number of aliphatic hydroxyl groups is 1. The molecule has 12 heteroatoms. The fourth-order valence-corrected chi connectivity index (χ4v) is 4.90. The molecule has 1 fully saturated rings. The lowest BCUT2D eigenvalue weighted by atomic mass is 9.85. The molecule has 1 aliphatic rings.